The quantitative estimate of drug-likeness (QED) is 0.633. The third-order valence-corrected chi connectivity index (χ3v) is 3.30. The zero-order valence-electron chi connectivity index (χ0n) is 10.9. The molecule has 1 aliphatic rings. The number of hydrogen-bond donors (Lipinski definition) is 0. The first kappa shape index (κ1) is 12.3. The smallest absolute Gasteiger partial charge is 0.258 e. The second-order valence-corrected chi connectivity index (χ2v) is 4.69. The van der Waals surface area contributed by atoms with E-state index in [-0.39, 0.29) is 11.6 Å². The van der Waals surface area contributed by atoms with Gasteiger partial charge >= 0.3 is 0 Å². The minimum atomic E-state index is -0.403. The van der Waals surface area contributed by atoms with Crippen LogP contribution in [-0.2, 0) is 0 Å². The molecule has 3 rings (SSSR count). The second kappa shape index (κ2) is 4.77. The molecule has 2 aromatic rings. The van der Waals surface area contributed by atoms with Gasteiger partial charge in [0.05, 0.1) is 16.3 Å². The van der Waals surface area contributed by atoms with E-state index in [1.165, 1.54) is 12.1 Å². The van der Waals surface area contributed by atoms with Gasteiger partial charge in [-0.3, -0.25) is 10.1 Å². The van der Waals surface area contributed by atoms with E-state index >= 15 is 0 Å². The van der Waals surface area contributed by atoms with E-state index < -0.39 is 4.92 Å². The Hall–Kier alpha value is -2.69. The molecule has 0 radical (unpaired) electrons. The van der Waals surface area contributed by atoms with Crippen molar-refractivity contribution in [3.63, 3.8) is 0 Å². The van der Waals surface area contributed by atoms with E-state index in [4.69, 9.17) is 0 Å². The van der Waals surface area contributed by atoms with Crippen LogP contribution < -0.4 is 0 Å². The average molecular weight is 267 g/mol. The SMILES string of the molecule is Cc1cc(C2C=CC=C2)nn1-c1ccc([N+](=O)[O-])cc1. The van der Waals surface area contributed by atoms with E-state index in [1.54, 1.807) is 16.8 Å². The molecular formula is C15H13N3O2. The van der Waals surface area contributed by atoms with Crippen molar-refractivity contribution in [2.75, 3.05) is 0 Å². The molecule has 0 saturated heterocycles. The molecule has 1 aromatic heterocycles. The summed E-state index contributed by atoms with van der Waals surface area (Å²) in [5.41, 5.74) is 2.89. The van der Waals surface area contributed by atoms with Gasteiger partial charge in [-0.1, -0.05) is 24.3 Å². The number of nitrogens with zero attached hydrogens (tertiary/aromatic N) is 3. The van der Waals surface area contributed by atoms with Gasteiger partial charge in [0.1, 0.15) is 0 Å². The van der Waals surface area contributed by atoms with Gasteiger partial charge in [0.25, 0.3) is 5.69 Å². The first-order valence-corrected chi connectivity index (χ1v) is 6.31. The van der Waals surface area contributed by atoms with Crippen molar-refractivity contribution in [1.29, 1.82) is 0 Å². The molecule has 0 amide bonds. The van der Waals surface area contributed by atoms with Crippen molar-refractivity contribution in [1.82, 2.24) is 9.78 Å². The number of non-ortho nitro benzene ring substituents is 1. The summed E-state index contributed by atoms with van der Waals surface area (Å²) in [5.74, 6) is 0.216. The number of aryl methyl sites for hydroxylation is 1. The van der Waals surface area contributed by atoms with E-state index in [1.807, 2.05) is 25.1 Å². The Kier molecular flexibility index (Phi) is 2.95. The fraction of sp³-hybridized carbons (Fsp3) is 0.133. The summed E-state index contributed by atoms with van der Waals surface area (Å²) in [6.07, 6.45) is 8.18. The maximum atomic E-state index is 10.7. The Labute approximate surface area is 116 Å². The molecule has 100 valence electrons. The fourth-order valence-electron chi connectivity index (χ4n) is 2.27. The minimum Gasteiger partial charge on any atom is -0.258 e. The lowest BCUT2D eigenvalue weighted by atomic mass is 10.1. The molecule has 5 heteroatoms. The van der Waals surface area contributed by atoms with E-state index in [9.17, 15) is 10.1 Å². The van der Waals surface area contributed by atoms with Crippen molar-refractivity contribution in [3.8, 4) is 5.69 Å². The van der Waals surface area contributed by atoms with E-state index in [0.29, 0.717) is 0 Å². The number of benzene rings is 1. The van der Waals surface area contributed by atoms with Crippen LogP contribution in [0.2, 0.25) is 0 Å². The highest BCUT2D eigenvalue weighted by atomic mass is 16.6. The maximum absolute atomic E-state index is 10.7. The van der Waals surface area contributed by atoms with Gasteiger partial charge in [-0.05, 0) is 25.1 Å². The number of nitro benzene ring substituents is 1. The van der Waals surface area contributed by atoms with Crippen molar-refractivity contribution in [2.24, 2.45) is 0 Å². The Morgan fingerprint density at radius 2 is 1.85 bits per heavy atom. The van der Waals surface area contributed by atoms with Gasteiger partial charge in [-0.2, -0.15) is 5.10 Å². The minimum absolute atomic E-state index is 0.0837. The number of aromatic nitrogens is 2. The highest BCUT2D eigenvalue weighted by Gasteiger charge is 2.14. The van der Waals surface area contributed by atoms with Crippen LogP contribution in [0.15, 0.2) is 54.6 Å². The van der Waals surface area contributed by atoms with Crippen LogP contribution >= 0.6 is 0 Å². The first-order chi connectivity index (χ1) is 9.65. The normalized spacial score (nSPS) is 14.1. The largest absolute Gasteiger partial charge is 0.269 e. The Morgan fingerprint density at radius 3 is 2.45 bits per heavy atom. The maximum Gasteiger partial charge on any atom is 0.269 e. The van der Waals surface area contributed by atoms with Gasteiger partial charge in [-0.15, -0.1) is 0 Å². The summed E-state index contributed by atoms with van der Waals surface area (Å²) in [5, 5.41) is 15.2. The number of nitro groups is 1. The van der Waals surface area contributed by atoms with Crippen LogP contribution in [0.5, 0.6) is 0 Å². The number of hydrogen-bond acceptors (Lipinski definition) is 3. The average Bonchev–Trinajstić information content (AvgIpc) is 3.08. The lowest BCUT2D eigenvalue weighted by Gasteiger charge is -2.04. The highest BCUT2D eigenvalue weighted by Crippen LogP contribution is 2.24. The summed E-state index contributed by atoms with van der Waals surface area (Å²) >= 11 is 0. The van der Waals surface area contributed by atoms with Crippen molar-refractivity contribution < 1.29 is 4.92 Å². The van der Waals surface area contributed by atoms with Gasteiger partial charge in [0.15, 0.2) is 0 Å². The van der Waals surface area contributed by atoms with Crippen LogP contribution in [0.4, 0.5) is 5.69 Å². The Bertz CT molecular complexity index is 699. The molecule has 0 fully saturated rings. The molecule has 0 unspecified atom stereocenters. The molecule has 0 N–H and O–H groups in total. The molecule has 0 spiro atoms. The Morgan fingerprint density at radius 1 is 1.20 bits per heavy atom. The summed E-state index contributed by atoms with van der Waals surface area (Å²) in [6, 6.07) is 8.44. The second-order valence-electron chi connectivity index (χ2n) is 4.69. The molecule has 0 aliphatic heterocycles. The third-order valence-electron chi connectivity index (χ3n) is 3.30. The predicted molar refractivity (Wildman–Crippen MR) is 76.0 cm³/mol. The van der Waals surface area contributed by atoms with Crippen LogP contribution in [0, 0.1) is 17.0 Å². The van der Waals surface area contributed by atoms with Gasteiger partial charge < -0.3 is 0 Å². The third kappa shape index (κ3) is 2.14. The monoisotopic (exact) mass is 267 g/mol. The van der Waals surface area contributed by atoms with Crippen molar-refractivity contribution in [3.05, 3.63) is 76.1 Å². The van der Waals surface area contributed by atoms with Gasteiger partial charge in [0, 0.05) is 23.7 Å². The molecule has 20 heavy (non-hydrogen) atoms. The number of rotatable bonds is 3. The van der Waals surface area contributed by atoms with Gasteiger partial charge in [-0.25, -0.2) is 4.68 Å². The van der Waals surface area contributed by atoms with E-state index in [0.717, 1.165) is 17.1 Å². The molecule has 1 aliphatic carbocycles. The lowest BCUT2D eigenvalue weighted by Crippen LogP contribution is -2.00. The molecule has 1 heterocycles. The Balaban J connectivity index is 1.95. The van der Waals surface area contributed by atoms with Crippen LogP contribution in [0.1, 0.15) is 17.3 Å². The van der Waals surface area contributed by atoms with E-state index in [2.05, 4.69) is 17.3 Å². The first-order valence-electron chi connectivity index (χ1n) is 6.31. The molecule has 0 bridgehead atoms. The van der Waals surface area contributed by atoms with Crippen LogP contribution in [0.3, 0.4) is 0 Å². The summed E-state index contributed by atoms with van der Waals surface area (Å²) in [6.45, 7) is 1.97. The van der Waals surface area contributed by atoms with Crippen molar-refractivity contribution >= 4 is 5.69 Å². The fourth-order valence-corrected chi connectivity index (χ4v) is 2.27. The van der Waals surface area contributed by atoms with Crippen LogP contribution in [-0.4, -0.2) is 14.7 Å². The summed E-state index contributed by atoms with van der Waals surface area (Å²) < 4.78 is 1.80. The zero-order valence-corrected chi connectivity index (χ0v) is 10.9. The molecule has 1 aromatic carbocycles. The molecule has 5 nitrogen and oxygen atoms in total. The van der Waals surface area contributed by atoms with Crippen molar-refractivity contribution in [2.45, 2.75) is 12.8 Å². The standard InChI is InChI=1S/C15H13N3O2/c1-11-10-15(12-4-2-3-5-12)16-17(11)13-6-8-14(9-7-13)18(19)20/h2-10,12H,1H3. The topological polar surface area (TPSA) is 61.0 Å². The molecule has 0 atom stereocenters. The highest BCUT2D eigenvalue weighted by molar-refractivity contribution is 5.42. The van der Waals surface area contributed by atoms with Crippen LogP contribution in [0.25, 0.3) is 5.69 Å². The van der Waals surface area contributed by atoms with Gasteiger partial charge in [0.2, 0.25) is 0 Å². The molecule has 0 saturated carbocycles. The summed E-state index contributed by atoms with van der Waals surface area (Å²) in [7, 11) is 0. The zero-order chi connectivity index (χ0) is 14.1. The predicted octanol–water partition coefficient (Wildman–Crippen LogP) is 3.30. The molecular weight excluding hydrogens is 254 g/mol. The lowest BCUT2D eigenvalue weighted by molar-refractivity contribution is -0.384. The summed E-state index contributed by atoms with van der Waals surface area (Å²) in [4.78, 5) is 10.3. The number of allylic oxidation sites excluding steroid dienone is 4.